The minimum absolute atomic E-state index is 0.152. The number of amides is 2. The monoisotopic (exact) mass is 500 g/mol. The maximum Gasteiger partial charge on any atom is 0.243 e. The van der Waals surface area contributed by atoms with Crippen molar-refractivity contribution in [3.63, 3.8) is 0 Å². The summed E-state index contributed by atoms with van der Waals surface area (Å²) in [6.07, 6.45) is -0.484. The van der Waals surface area contributed by atoms with E-state index in [1.165, 1.54) is 0 Å². The van der Waals surface area contributed by atoms with E-state index in [0.29, 0.717) is 0 Å². The first-order valence-corrected chi connectivity index (χ1v) is 13.1. The number of rotatable bonds is 6. The van der Waals surface area contributed by atoms with E-state index in [0.717, 1.165) is 21.7 Å². The molecule has 8 heteroatoms. The van der Waals surface area contributed by atoms with Crippen molar-refractivity contribution in [2.75, 3.05) is 6.54 Å². The number of aliphatic hydroxyl groups excluding tert-OH is 1. The first kappa shape index (κ1) is 27.3. The van der Waals surface area contributed by atoms with Crippen LogP contribution in [-0.2, 0) is 9.59 Å². The number of aliphatic hydroxyl groups is 1. The molecule has 0 aliphatic carbocycles. The van der Waals surface area contributed by atoms with E-state index in [4.69, 9.17) is 0 Å². The van der Waals surface area contributed by atoms with Gasteiger partial charge in [0.15, 0.2) is 0 Å². The zero-order chi connectivity index (χ0) is 26.1. The van der Waals surface area contributed by atoms with E-state index < -0.39 is 18.2 Å². The van der Waals surface area contributed by atoms with Crippen molar-refractivity contribution in [3.05, 3.63) is 41.0 Å². The summed E-state index contributed by atoms with van der Waals surface area (Å²) in [5.74, 6) is -0.394. The topological polar surface area (TPSA) is 94.6 Å². The molecule has 3 rings (SSSR count). The Morgan fingerprint density at radius 1 is 1.14 bits per heavy atom. The van der Waals surface area contributed by atoms with E-state index in [1.54, 1.807) is 16.2 Å². The molecular formula is C27H40N4O3S. The number of β-amino-alcohol motifs (C(OH)–C–C–N with tert-alkyl or cyclic N) is 1. The number of thiazole rings is 1. The molecule has 0 bridgehead atoms. The third kappa shape index (κ3) is 6.68. The number of nitrogens with zero attached hydrogens (tertiary/aromatic N) is 2. The molecule has 7 nitrogen and oxygen atoms in total. The molecule has 0 radical (unpaired) electrons. The predicted octanol–water partition coefficient (Wildman–Crippen LogP) is 4.06. The summed E-state index contributed by atoms with van der Waals surface area (Å²) in [5.41, 5.74) is 4.28. The molecule has 1 aromatic heterocycles. The summed E-state index contributed by atoms with van der Waals surface area (Å²) in [6, 6.07) is 6.68. The highest BCUT2D eigenvalue weighted by atomic mass is 32.1. The zero-order valence-electron chi connectivity index (χ0n) is 22.2. The molecule has 192 valence electrons. The van der Waals surface area contributed by atoms with Crippen LogP contribution < -0.4 is 10.6 Å². The van der Waals surface area contributed by atoms with Gasteiger partial charge in [0.1, 0.15) is 6.04 Å². The van der Waals surface area contributed by atoms with Gasteiger partial charge in [0, 0.05) is 18.5 Å². The van der Waals surface area contributed by atoms with Gasteiger partial charge in [-0.15, -0.1) is 11.3 Å². The standard InChI is InChI=1S/C27H40N4O3S/c1-16(18-9-11-19(12-10-18)22-17(2)28-15-35-22)29-24(33)21-13-20(32)14-31(21)25(34)23(26(3,4)5)30-27(6,7)8/h9-12,15-16,20-21,23,30,32H,13-14H2,1-8H3,(H,29,33)/t16-,20+,21?,23?/m0/s1. The van der Waals surface area contributed by atoms with E-state index in [1.807, 2.05) is 85.2 Å². The summed E-state index contributed by atoms with van der Waals surface area (Å²) in [5, 5.41) is 16.9. The predicted molar refractivity (Wildman–Crippen MR) is 141 cm³/mol. The Labute approximate surface area is 213 Å². The molecule has 4 atom stereocenters. The van der Waals surface area contributed by atoms with Crippen LogP contribution >= 0.6 is 11.3 Å². The number of benzene rings is 1. The minimum Gasteiger partial charge on any atom is -0.391 e. The van der Waals surface area contributed by atoms with E-state index in [-0.39, 0.29) is 41.8 Å². The lowest BCUT2D eigenvalue weighted by molar-refractivity contribution is -0.143. The lowest BCUT2D eigenvalue weighted by Crippen LogP contribution is -2.60. The average molecular weight is 501 g/mol. The van der Waals surface area contributed by atoms with Crippen LogP contribution in [0.2, 0.25) is 0 Å². The highest BCUT2D eigenvalue weighted by molar-refractivity contribution is 7.13. The van der Waals surface area contributed by atoms with Crippen molar-refractivity contribution < 1.29 is 14.7 Å². The van der Waals surface area contributed by atoms with Gasteiger partial charge in [-0.25, -0.2) is 4.98 Å². The van der Waals surface area contributed by atoms with Crippen LogP contribution in [0.1, 0.15) is 72.2 Å². The Morgan fingerprint density at radius 2 is 1.77 bits per heavy atom. The molecule has 0 spiro atoms. The quantitative estimate of drug-likeness (QED) is 0.556. The van der Waals surface area contributed by atoms with Gasteiger partial charge in [-0.3, -0.25) is 9.59 Å². The van der Waals surface area contributed by atoms with Gasteiger partial charge in [0.2, 0.25) is 11.8 Å². The molecule has 1 aliphatic heterocycles. The zero-order valence-corrected chi connectivity index (χ0v) is 23.0. The molecule has 2 aromatic rings. The van der Waals surface area contributed by atoms with E-state index in [9.17, 15) is 14.7 Å². The van der Waals surface area contributed by atoms with Crippen molar-refractivity contribution >= 4 is 23.2 Å². The molecule has 3 N–H and O–H groups in total. The number of carbonyl (C=O) groups excluding carboxylic acids is 2. The maximum atomic E-state index is 13.6. The van der Waals surface area contributed by atoms with Crippen molar-refractivity contribution in [2.45, 2.75) is 91.6 Å². The molecule has 35 heavy (non-hydrogen) atoms. The number of carbonyl (C=O) groups is 2. The van der Waals surface area contributed by atoms with Crippen LogP contribution in [-0.4, -0.2) is 57.1 Å². The molecular weight excluding hydrogens is 460 g/mol. The van der Waals surface area contributed by atoms with E-state index in [2.05, 4.69) is 15.6 Å². The van der Waals surface area contributed by atoms with Gasteiger partial charge in [-0.05, 0) is 51.2 Å². The minimum atomic E-state index is -0.720. The van der Waals surface area contributed by atoms with Gasteiger partial charge in [-0.1, -0.05) is 45.0 Å². The Kier molecular flexibility index (Phi) is 8.09. The fraction of sp³-hybridized carbons (Fsp3) is 0.593. The molecule has 1 saturated heterocycles. The van der Waals surface area contributed by atoms with Crippen LogP contribution in [0.3, 0.4) is 0 Å². The number of hydrogen-bond donors (Lipinski definition) is 3. The van der Waals surface area contributed by atoms with Gasteiger partial charge in [0.25, 0.3) is 0 Å². The molecule has 1 fully saturated rings. The Hall–Kier alpha value is -2.29. The lowest BCUT2D eigenvalue weighted by Gasteiger charge is -2.39. The number of likely N-dealkylation sites (tertiary alicyclic amines) is 1. The molecule has 1 aromatic carbocycles. The Bertz CT molecular complexity index is 1040. The summed E-state index contributed by atoms with van der Waals surface area (Å²) in [7, 11) is 0. The number of hydrogen-bond acceptors (Lipinski definition) is 6. The highest BCUT2D eigenvalue weighted by Crippen LogP contribution is 2.30. The molecule has 1 aliphatic rings. The van der Waals surface area contributed by atoms with Crippen molar-refractivity contribution in [3.8, 4) is 10.4 Å². The van der Waals surface area contributed by atoms with Gasteiger partial charge in [0.05, 0.1) is 34.3 Å². The Morgan fingerprint density at radius 3 is 2.29 bits per heavy atom. The lowest BCUT2D eigenvalue weighted by atomic mass is 9.84. The van der Waals surface area contributed by atoms with Gasteiger partial charge >= 0.3 is 0 Å². The number of nitrogens with one attached hydrogen (secondary N) is 2. The first-order valence-electron chi connectivity index (χ1n) is 12.2. The van der Waals surface area contributed by atoms with Crippen molar-refractivity contribution in [1.82, 2.24) is 20.5 Å². The highest BCUT2D eigenvalue weighted by Gasteiger charge is 2.44. The van der Waals surface area contributed by atoms with Gasteiger partial charge < -0.3 is 20.6 Å². The fourth-order valence-electron chi connectivity index (χ4n) is 4.45. The number of aromatic nitrogens is 1. The summed E-state index contributed by atoms with van der Waals surface area (Å²) < 4.78 is 0. The molecule has 0 saturated carbocycles. The molecule has 2 amide bonds. The molecule has 2 heterocycles. The largest absolute Gasteiger partial charge is 0.391 e. The third-order valence-electron chi connectivity index (χ3n) is 6.33. The van der Waals surface area contributed by atoms with Crippen LogP contribution in [0.5, 0.6) is 0 Å². The SMILES string of the molecule is Cc1ncsc1-c1ccc([C@H](C)NC(=O)C2C[C@@H](O)CN2C(=O)C(NC(C)(C)C)C(C)(C)C)cc1. The van der Waals surface area contributed by atoms with Crippen LogP contribution in [0.25, 0.3) is 10.4 Å². The summed E-state index contributed by atoms with van der Waals surface area (Å²) in [4.78, 5) is 33.9. The smallest absolute Gasteiger partial charge is 0.243 e. The summed E-state index contributed by atoms with van der Waals surface area (Å²) >= 11 is 1.61. The number of aryl methyl sites for hydroxylation is 1. The second-order valence-corrected chi connectivity index (χ2v) is 12.6. The molecule has 2 unspecified atom stereocenters. The van der Waals surface area contributed by atoms with Gasteiger partial charge in [-0.2, -0.15) is 0 Å². The summed E-state index contributed by atoms with van der Waals surface area (Å²) in [6.45, 7) is 16.2. The van der Waals surface area contributed by atoms with Crippen LogP contribution in [0.4, 0.5) is 0 Å². The third-order valence-corrected chi connectivity index (χ3v) is 7.31. The van der Waals surface area contributed by atoms with Crippen LogP contribution in [0.15, 0.2) is 29.8 Å². The first-order chi connectivity index (χ1) is 16.2. The normalized spacial score (nSPS) is 20.5. The average Bonchev–Trinajstić information content (AvgIpc) is 3.35. The fourth-order valence-corrected chi connectivity index (χ4v) is 5.26. The van der Waals surface area contributed by atoms with Crippen LogP contribution in [0, 0.1) is 12.3 Å². The van der Waals surface area contributed by atoms with Crippen molar-refractivity contribution in [1.29, 1.82) is 0 Å². The Balaban J connectivity index is 1.73. The maximum absolute atomic E-state index is 13.6. The second kappa shape index (κ2) is 10.4. The second-order valence-electron chi connectivity index (χ2n) is 11.7. The van der Waals surface area contributed by atoms with Crippen molar-refractivity contribution in [2.24, 2.45) is 5.41 Å². The van der Waals surface area contributed by atoms with E-state index >= 15 is 0 Å².